The van der Waals surface area contributed by atoms with Crippen LogP contribution in [0.25, 0.3) is 10.8 Å². The fraction of sp³-hybridized carbons (Fsp3) is 0.241. The lowest BCUT2D eigenvalue weighted by atomic mass is 9.70. The highest BCUT2D eigenvalue weighted by molar-refractivity contribution is 5.89. The Morgan fingerprint density at radius 1 is 0.781 bits per heavy atom. The molecule has 0 spiro atoms. The van der Waals surface area contributed by atoms with Crippen molar-refractivity contribution in [2.75, 3.05) is 14.2 Å². The molecule has 5 rings (SSSR count). The van der Waals surface area contributed by atoms with Crippen LogP contribution in [0, 0.1) is 0 Å². The summed E-state index contributed by atoms with van der Waals surface area (Å²) in [7, 11) is 3.36. The highest BCUT2D eigenvalue weighted by Gasteiger charge is 2.50. The summed E-state index contributed by atoms with van der Waals surface area (Å²) in [6, 6.07) is 27.0. The number of rotatable bonds is 4. The van der Waals surface area contributed by atoms with Gasteiger partial charge < -0.3 is 14.6 Å². The van der Waals surface area contributed by atoms with Crippen molar-refractivity contribution in [2.24, 2.45) is 0 Å². The maximum atomic E-state index is 11.3. The van der Waals surface area contributed by atoms with E-state index in [0.717, 1.165) is 33.2 Å². The average Bonchev–Trinajstić information content (AvgIpc) is 3.05. The number of hydrogen-bond donors (Lipinski definition) is 1. The van der Waals surface area contributed by atoms with Crippen molar-refractivity contribution < 1.29 is 14.6 Å². The van der Waals surface area contributed by atoms with E-state index in [1.807, 2.05) is 12.1 Å². The van der Waals surface area contributed by atoms with Gasteiger partial charge in [-0.3, -0.25) is 0 Å². The van der Waals surface area contributed by atoms with Gasteiger partial charge in [0.05, 0.1) is 14.2 Å². The van der Waals surface area contributed by atoms with Crippen molar-refractivity contribution >= 4 is 10.8 Å². The SMILES string of the molecule is COc1cc(O)c2c(c1)C(C)(C)[C@H](c1ccccc1)[C@H]2c1c(OC)ccc2ccccc12. The second-order valence-corrected chi connectivity index (χ2v) is 9.10. The predicted octanol–water partition coefficient (Wildman–Crippen LogP) is 6.77. The molecular formula is C29H28O3. The third-order valence-electron chi connectivity index (χ3n) is 7.10. The van der Waals surface area contributed by atoms with E-state index < -0.39 is 0 Å². The van der Waals surface area contributed by atoms with Crippen molar-refractivity contribution in [2.45, 2.75) is 31.1 Å². The second kappa shape index (κ2) is 7.59. The molecule has 0 unspecified atom stereocenters. The molecule has 1 N–H and O–H groups in total. The molecular weight excluding hydrogens is 396 g/mol. The molecule has 32 heavy (non-hydrogen) atoms. The lowest BCUT2D eigenvalue weighted by molar-refractivity contribution is 0.389. The minimum absolute atomic E-state index is 0.0747. The molecule has 0 bridgehead atoms. The van der Waals surface area contributed by atoms with Gasteiger partial charge in [0.25, 0.3) is 0 Å². The normalized spacial score (nSPS) is 19.0. The first-order valence-corrected chi connectivity index (χ1v) is 11.0. The summed E-state index contributed by atoms with van der Waals surface area (Å²) in [5, 5.41) is 13.6. The smallest absolute Gasteiger partial charge is 0.123 e. The first-order valence-electron chi connectivity index (χ1n) is 11.0. The van der Waals surface area contributed by atoms with Crippen LogP contribution in [0.15, 0.2) is 78.9 Å². The molecule has 3 nitrogen and oxygen atoms in total. The molecule has 0 radical (unpaired) electrons. The second-order valence-electron chi connectivity index (χ2n) is 9.10. The third-order valence-corrected chi connectivity index (χ3v) is 7.10. The zero-order chi connectivity index (χ0) is 22.5. The van der Waals surface area contributed by atoms with Gasteiger partial charge in [0, 0.05) is 29.0 Å². The Kier molecular flexibility index (Phi) is 4.85. The number of fused-ring (bicyclic) bond motifs is 2. The summed E-state index contributed by atoms with van der Waals surface area (Å²) in [5.41, 5.74) is 4.19. The van der Waals surface area contributed by atoms with Gasteiger partial charge in [-0.05, 0) is 39.4 Å². The minimum Gasteiger partial charge on any atom is -0.507 e. The molecule has 3 heteroatoms. The molecule has 1 aliphatic rings. The number of benzene rings is 4. The molecule has 0 fully saturated rings. The predicted molar refractivity (Wildman–Crippen MR) is 129 cm³/mol. The molecule has 0 aromatic heterocycles. The van der Waals surface area contributed by atoms with Gasteiger partial charge in [-0.15, -0.1) is 0 Å². The third kappa shape index (κ3) is 2.96. The molecule has 4 aromatic carbocycles. The first-order chi connectivity index (χ1) is 15.5. The van der Waals surface area contributed by atoms with Gasteiger partial charge in [-0.1, -0.05) is 74.5 Å². The van der Waals surface area contributed by atoms with E-state index in [-0.39, 0.29) is 23.0 Å². The van der Waals surface area contributed by atoms with Crippen LogP contribution in [0.5, 0.6) is 17.2 Å². The molecule has 2 atom stereocenters. The van der Waals surface area contributed by atoms with Crippen LogP contribution in [-0.4, -0.2) is 19.3 Å². The summed E-state index contributed by atoms with van der Waals surface area (Å²) in [6.45, 7) is 4.53. The van der Waals surface area contributed by atoms with Crippen molar-refractivity contribution in [3.63, 3.8) is 0 Å². The molecule has 162 valence electrons. The topological polar surface area (TPSA) is 38.7 Å². The van der Waals surface area contributed by atoms with E-state index in [0.29, 0.717) is 5.75 Å². The largest absolute Gasteiger partial charge is 0.507 e. The van der Waals surface area contributed by atoms with Crippen LogP contribution in [0.2, 0.25) is 0 Å². The van der Waals surface area contributed by atoms with Gasteiger partial charge in [-0.25, -0.2) is 0 Å². The van der Waals surface area contributed by atoms with Crippen molar-refractivity contribution in [1.29, 1.82) is 0 Å². The number of hydrogen-bond acceptors (Lipinski definition) is 3. The fourth-order valence-corrected chi connectivity index (χ4v) is 5.70. The number of aromatic hydroxyl groups is 1. The minimum atomic E-state index is -0.241. The molecule has 0 saturated carbocycles. The van der Waals surface area contributed by atoms with Crippen LogP contribution >= 0.6 is 0 Å². The van der Waals surface area contributed by atoms with Gasteiger partial charge in [0.15, 0.2) is 0 Å². The molecule has 0 amide bonds. The number of phenolic OH excluding ortho intramolecular Hbond substituents is 1. The number of phenols is 1. The number of ether oxygens (including phenoxy) is 2. The summed E-state index contributed by atoms with van der Waals surface area (Å²) in [4.78, 5) is 0. The van der Waals surface area contributed by atoms with Crippen LogP contribution in [0.3, 0.4) is 0 Å². The van der Waals surface area contributed by atoms with Crippen LogP contribution in [-0.2, 0) is 5.41 Å². The molecule has 4 aromatic rings. The van der Waals surface area contributed by atoms with E-state index in [1.165, 1.54) is 5.56 Å². The summed E-state index contributed by atoms with van der Waals surface area (Å²) >= 11 is 0. The van der Waals surface area contributed by atoms with Crippen LogP contribution < -0.4 is 9.47 Å². The maximum absolute atomic E-state index is 11.3. The van der Waals surface area contributed by atoms with Gasteiger partial charge in [-0.2, -0.15) is 0 Å². The monoisotopic (exact) mass is 424 g/mol. The Morgan fingerprint density at radius 2 is 1.50 bits per heavy atom. The zero-order valence-corrected chi connectivity index (χ0v) is 18.9. The quantitative estimate of drug-likeness (QED) is 0.393. The van der Waals surface area contributed by atoms with Crippen molar-refractivity contribution in [3.8, 4) is 17.2 Å². The molecule has 0 aliphatic heterocycles. The van der Waals surface area contributed by atoms with Crippen LogP contribution in [0.4, 0.5) is 0 Å². The van der Waals surface area contributed by atoms with Gasteiger partial charge in [0.2, 0.25) is 0 Å². The average molecular weight is 425 g/mol. The Labute approximate surface area is 189 Å². The number of methoxy groups -OCH3 is 2. The van der Waals surface area contributed by atoms with E-state index in [1.54, 1.807) is 20.3 Å². The standard InChI is InChI=1S/C29H28O3/c1-29(2)22-16-20(31-3)17-23(30)26(22)27(28(29)19-11-6-5-7-12-19)25-21-13-9-8-10-18(21)14-15-24(25)32-4/h5-17,27-28,30H,1-4H3/t27-,28+/m0/s1. The summed E-state index contributed by atoms with van der Waals surface area (Å²) in [5.74, 6) is 1.82. The van der Waals surface area contributed by atoms with Crippen molar-refractivity contribution in [1.82, 2.24) is 0 Å². The van der Waals surface area contributed by atoms with E-state index >= 15 is 0 Å². The highest BCUT2D eigenvalue weighted by atomic mass is 16.5. The van der Waals surface area contributed by atoms with E-state index in [2.05, 4.69) is 74.5 Å². The van der Waals surface area contributed by atoms with Gasteiger partial charge >= 0.3 is 0 Å². The Balaban J connectivity index is 1.90. The summed E-state index contributed by atoms with van der Waals surface area (Å²) < 4.78 is 11.4. The van der Waals surface area contributed by atoms with Crippen LogP contribution in [0.1, 0.15) is 47.9 Å². The lowest BCUT2D eigenvalue weighted by Gasteiger charge is -2.33. The fourth-order valence-electron chi connectivity index (χ4n) is 5.70. The lowest BCUT2D eigenvalue weighted by Crippen LogP contribution is -2.25. The Bertz CT molecular complexity index is 1290. The van der Waals surface area contributed by atoms with Gasteiger partial charge in [0.1, 0.15) is 17.2 Å². The highest BCUT2D eigenvalue weighted by Crippen LogP contribution is 2.62. The Hall–Kier alpha value is -3.46. The molecule has 1 aliphatic carbocycles. The zero-order valence-electron chi connectivity index (χ0n) is 18.9. The van der Waals surface area contributed by atoms with Crippen molar-refractivity contribution in [3.05, 3.63) is 101 Å². The first kappa shape index (κ1) is 20.4. The van der Waals surface area contributed by atoms with E-state index in [9.17, 15) is 5.11 Å². The molecule has 0 saturated heterocycles. The molecule has 0 heterocycles. The van der Waals surface area contributed by atoms with E-state index in [4.69, 9.17) is 9.47 Å². The summed E-state index contributed by atoms with van der Waals surface area (Å²) in [6.07, 6.45) is 0. The maximum Gasteiger partial charge on any atom is 0.123 e. The Morgan fingerprint density at radius 3 is 2.22 bits per heavy atom.